The minimum atomic E-state index is -1.50. The van der Waals surface area contributed by atoms with Crippen molar-refractivity contribution in [3.63, 3.8) is 0 Å². The van der Waals surface area contributed by atoms with Gasteiger partial charge in [0.1, 0.15) is 0 Å². The summed E-state index contributed by atoms with van der Waals surface area (Å²) in [4.78, 5) is 45.4. The number of para-hydroxylation sites is 2. The lowest BCUT2D eigenvalue weighted by Crippen LogP contribution is -2.48. The fourth-order valence-electron chi connectivity index (χ4n) is 7.18. The molecule has 3 heterocycles. The number of carbonyl (C=O) groups excluding carboxylic acids is 1. The Balaban J connectivity index is 1.49. The third-order valence-corrected chi connectivity index (χ3v) is 8.95. The standard InChI is InChI=1S/C29H40N4O5/c34-18-24(29(37)38)31-27(35)26-28(36)33(25-14-7-6-13-23(25)30-26)21-12-8-11-20-15-16-22(17-21)32(20)19-9-4-2-1-3-5-10-19/h6-7,13-14,19-22,24,34H,1-5,8-12,15-18H2,(H,31,35)(H,37,38)/t20?,21-,22?,24+/m1/s1. The lowest BCUT2D eigenvalue weighted by atomic mass is 9.91. The molecular weight excluding hydrogens is 484 g/mol. The van der Waals surface area contributed by atoms with Crippen LogP contribution in [0.1, 0.15) is 100 Å². The maximum absolute atomic E-state index is 13.8. The maximum atomic E-state index is 13.8. The number of hydrogen-bond donors (Lipinski definition) is 3. The SMILES string of the molecule is O=C(N[C@@H](CO)C(=O)O)c1nc2ccccc2n([C@@H]2CCCC3CCC(C2)N3C2CCCCCCC2)c1=O. The number of nitrogens with zero attached hydrogens (tertiary/aromatic N) is 3. The van der Waals surface area contributed by atoms with Gasteiger partial charge in [0, 0.05) is 24.2 Å². The van der Waals surface area contributed by atoms with E-state index in [1.54, 1.807) is 10.6 Å². The normalized spacial score (nSPS) is 26.2. The van der Waals surface area contributed by atoms with Gasteiger partial charge in [0.05, 0.1) is 17.6 Å². The van der Waals surface area contributed by atoms with Crippen LogP contribution in [0.15, 0.2) is 29.1 Å². The Bertz CT molecular complexity index is 1210. The van der Waals surface area contributed by atoms with Gasteiger partial charge in [0.15, 0.2) is 11.7 Å². The van der Waals surface area contributed by atoms with Crippen LogP contribution < -0.4 is 10.9 Å². The average Bonchev–Trinajstić information content (AvgIpc) is 3.31. The number of aliphatic hydroxyl groups is 1. The Kier molecular flexibility index (Phi) is 8.43. The van der Waals surface area contributed by atoms with Crippen LogP contribution >= 0.6 is 0 Å². The van der Waals surface area contributed by atoms with Crippen molar-refractivity contribution in [3.8, 4) is 0 Å². The number of carboxylic acids is 1. The van der Waals surface area contributed by atoms with Crippen LogP contribution in [0.25, 0.3) is 11.0 Å². The van der Waals surface area contributed by atoms with Gasteiger partial charge in [0.2, 0.25) is 0 Å². The Morgan fingerprint density at radius 1 is 0.895 bits per heavy atom. The minimum absolute atomic E-state index is 0.0739. The molecule has 206 valence electrons. The fraction of sp³-hybridized carbons (Fsp3) is 0.655. The predicted octanol–water partition coefficient (Wildman–Crippen LogP) is 3.63. The van der Waals surface area contributed by atoms with E-state index >= 15 is 0 Å². The molecule has 4 atom stereocenters. The van der Waals surface area contributed by atoms with Gasteiger partial charge in [-0.15, -0.1) is 0 Å². The van der Waals surface area contributed by atoms with Gasteiger partial charge in [-0.3, -0.25) is 14.5 Å². The largest absolute Gasteiger partial charge is 0.480 e. The first-order valence-electron chi connectivity index (χ1n) is 14.4. The second kappa shape index (κ2) is 11.9. The quantitative estimate of drug-likeness (QED) is 0.527. The van der Waals surface area contributed by atoms with Gasteiger partial charge < -0.3 is 20.1 Å². The molecule has 3 fully saturated rings. The van der Waals surface area contributed by atoms with Crippen LogP contribution in [0.4, 0.5) is 0 Å². The Hall–Kier alpha value is -2.78. The third-order valence-electron chi connectivity index (χ3n) is 8.95. The van der Waals surface area contributed by atoms with Gasteiger partial charge in [0.25, 0.3) is 11.5 Å². The molecule has 1 amide bonds. The summed E-state index contributed by atoms with van der Waals surface area (Å²) in [6.45, 7) is -0.773. The number of carboxylic acid groups (broad SMARTS) is 1. The van der Waals surface area contributed by atoms with Crippen molar-refractivity contribution >= 4 is 22.9 Å². The Labute approximate surface area is 223 Å². The van der Waals surface area contributed by atoms with Gasteiger partial charge in [-0.2, -0.15) is 0 Å². The van der Waals surface area contributed by atoms with E-state index in [2.05, 4.69) is 15.2 Å². The number of fused-ring (bicyclic) bond motifs is 3. The fourth-order valence-corrected chi connectivity index (χ4v) is 7.18. The summed E-state index contributed by atoms with van der Waals surface area (Å²) in [5.41, 5.74) is 0.396. The lowest BCUT2D eigenvalue weighted by Gasteiger charge is -2.41. The highest BCUT2D eigenvalue weighted by molar-refractivity contribution is 5.96. The van der Waals surface area contributed by atoms with E-state index in [1.165, 1.54) is 51.4 Å². The monoisotopic (exact) mass is 524 g/mol. The first kappa shape index (κ1) is 26.8. The molecule has 2 saturated heterocycles. The summed E-state index contributed by atoms with van der Waals surface area (Å²) in [6, 6.07) is 7.43. The zero-order valence-electron chi connectivity index (χ0n) is 22.1. The number of hydrogen-bond acceptors (Lipinski definition) is 6. The Morgan fingerprint density at radius 3 is 2.26 bits per heavy atom. The van der Waals surface area contributed by atoms with Crippen LogP contribution in [0.5, 0.6) is 0 Å². The van der Waals surface area contributed by atoms with Crippen LogP contribution in [0, 0.1) is 0 Å². The molecule has 2 aliphatic heterocycles. The highest BCUT2D eigenvalue weighted by Gasteiger charge is 2.40. The molecule has 3 aliphatic rings. The number of aromatic nitrogens is 2. The summed E-state index contributed by atoms with van der Waals surface area (Å²) in [7, 11) is 0. The number of amides is 1. The van der Waals surface area contributed by atoms with E-state index in [1.807, 2.05) is 18.2 Å². The van der Waals surface area contributed by atoms with Crippen LogP contribution in [0.3, 0.4) is 0 Å². The van der Waals surface area contributed by atoms with E-state index in [4.69, 9.17) is 0 Å². The average molecular weight is 525 g/mol. The number of rotatable bonds is 6. The van der Waals surface area contributed by atoms with Gasteiger partial charge in [-0.1, -0.05) is 44.2 Å². The first-order chi connectivity index (χ1) is 18.5. The second-order valence-corrected chi connectivity index (χ2v) is 11.3. The molecule has 9 nitrogen and oxygen atoms in total. The molecule has 3 N–H and O–H groups in total. The molecule has 0 spiro atoms. The van der Waals surface area contributed by atoms with Crippen molar-refractivity contribution < 1.29 is 19.8 Å². The summed E-state index contributed by atoms with van der Waals surface area (Å²) >= 11 is 0. The number of nitrogens with one attached hydrogen (secondary N) is 1. The first-order valence-corrected chi connectivity index (χ1v) is 14.4. The molecule has 9 heteroatoms. The van der Waals surface area contributed by atoms with Crippen LogP contribution in [0.2, 0.25) is 0 Å². The molecule has 0 radical (unpaired) electrons. The number of aliphatic carboxylic acids is 1. The lowest BCUT2D eigenvalue weighted by molar-refractivity contribution is -0.140. The van der Waals surface area contributed by atoms with Crippen molar-refractivity contribution in [2.75, 3.05) is 6.61 Å². The van der Waals surface area contributed by atoms with Crippen molar-refractivity contribution in [1.82, 2.24) is 19.8 Å². The van der Waals surface area contributed by atoms with Crippen LogP contribution in [-0.2, 0) is 4.79 Å². The zero-order chi connectivity index (χ0) is 26.6. The van der Waals surface area contributed by atoms with E-state index in [-0.39, 0.29) is 11.7 Å². The van der Waals surface area contributed by atoms with E-state index < -0.39 is 30.1 Å². The van der Waals surface area contributed by atoms with Crippen LogP contribution in [-0.4, -0.2) is 67.3 Å². The van der Waals surface area contributed by atoms with E-state index in [0.29, 0.717) is 29.2 Å². The molecule has 1 aromatic heterocycles. The highest BCUT2D eigenvalue weighted by atomic mass is 16.4. The van der Waals surface area contributed by atoms with Gasteiger partial charge in [-0.05, 0) is 63.5 Å². The van der Waals surface area contributed by atoms with Crippen molar-refractivity contribution in [3.05, 3.63) is 40.3 Å². The van der Waals surface area contributed by atoms with Crippen molar-refractivity contribution in [2.45, 2.75) is 114 Å². The predicted molar refractivity (Wildman–Crippen MR) is 144 cm³/mol. The molecule has 1 aromatic carbocycles. The number of benzene rings is 1. The topological polar surface area (TPSA) is 125 Å². The summed E-state index contributed by atoms with van der Waals surface area (Å²) in [6.07, 6.45) is 15.3. The molecule has 5 rings (SSSR count). The van der Waals surface area contributed by atoms with E-state index in [0.717, 1.165) is 32.1 Å². The molecule has 38 heavy (non-hydrogen) atoms. The third kappa shape index (κ3) is 5.50. The smallest absolute Gasteiger partial charge is 0.328 e. The molecule has 1 saturated carbocycles. The molecule has 2 bridgehead atoms. The van der Waals surface area contributed by atoms with E-state index in [9.17, 15) is 24.6 Å². The van der Waals surface area contributed by atoms with Crippen molar-refractivity contribution in [2.24, 2.45) is 0 Å². The van der Waals surface area contributed by atoms with Gasteiger partial charge >= 0.3 is 5.97 Å². The summed E-state index contributed by atoms with van der Waals surface area (Å²) in [5, 5.41) is 20.9. The minimum Gasteiger partial charge on any atom is -0.480 e. The molecule has 2 aromatic rings. The molecular formula is C29H40N4O5. The molecule has 2 unspecified atom stereocenters. The number of aliphatic hydroxyl groups excluding tert-OH is 1. The maximum Gasteiger partial charge on any atom is 0.328 e. The highest BCUT2D eigenvalue weighted by Crippen LogP contribution is 2.41. The zero-order valence-corrected chi connectivity index (χ0v) is 22.1. The second-order valence-electron chi connectivity index (χ2n) is 11.3. The van der Waals surface area contributed by atoms with Gasteiger partial charge in [-0.25, -0.2) is 9.78 Å². The Morgan fingerprint density at radius 2 is 1.53 bits per heavy atom. The summed E-state index contributed by atoms with van der Waals surface area (Å²) in [5.74, 6) is -2.24. The van der Waals surface area contributed by atoms with Crippen molar-refractivity contribution in [1.29, 1.82) is 0 Å². The molecule has 1 aliphatic carbocycles. The number of carbonyl (C=O) groups is 2. The summed E-state index contributed by atoms with van der Waals surface area (Å²) < 4.78 is 1.75.